The van der Waals surface area contributed by atoms with Crippen LogP contribution >= 0.6 is 0 Å². The molecule has 86 valence electrons. The molecule has 1 aliphatic rings. The van der Waals surface area contributed by atoms with Crippen molar-refractivity contribution in [1.82, 2.24) is 5.01 Å². The summed E-state index contributed by atoms with van der Waals surface area (Å²) in [5.41, 5.74) is 0.938. The molecule has 0 aliphatic carbocycles. The highest BCUT2D eigenvalue weighted by atomic mass is 19.1. The molecule has 2 rings (SSSR count). The Labute approximate surface area is 95.2 Å². The average Bonchev–Trinajstić information content (AvgIpc) is 2.30. The summed E-state index contributed by atoms with van der Waals surface area (Å²) in [6, 6.07) is 6.38. The van der Waals surface area contributed by atoms with Gasteiger partial charge >= 0.3 is 0 Å². The van der Waals surface area contributed by atoms with E-state index in [4.69, 9.17) is 0 Å². The molecule has 1 heterocycles. The average molecular weight is 222 g/mol. The van der Waals surface area contributed by atoms with E-state index in [2.05, 4.69) is 17.2 Å². The number of hydrazone groups is 1. The van der Waals surface area contributed by atoms with E-state index in [1.165, 1.54) is 12.1 Å². The Balaban J connectivity index is 1.91. The van der Waals surface area contributed by atoms with Gasteiger partial charge in [-0.2, -0.15) is 5.10 Å². The first-order chi connectivity index (χ1) is 7.74. The van der Waals surface area contributed by atoms with Crippen LogP contribution in [0.3, 0.4) is 0 Å². The molecule has 0 amide bonds. The monoisotopic (exact) mass is 222 g/mol. The number of quaternary nitrogens is 1. The summed E-state index contributed by atoms with van der Waals surface area (Å²) in [5, 5.41) is 6.46. The van der Waals surface area contributed by atoms with Crippen molar-refractivity contribution < 1.29 is 9.29 Å². The fraction of sp³-hybridized carbons (Fsp3) is 0.417. The number of nitrogens with zero attached hydrogens (tertiary/aromatic N) is 2. The van der Waals surface area contributed by atoms with Crippen molar-refractivity contribution in [2.75, 3.05) is 33.2 Å². The Morgan fingerprint density at radius 2 is 1.88 bits per heavy atom. The number of piperazine rings is 1. The maximum atomic E-state index is 12.7. The molecule has 1 fully saturated rings. The van der Waals surface area contributed by atoms with Crippen molar-refractivity contribution >= 4 is 6.21 Å². The highest BCUT2D eigenvalue weighted by Crippen LogP contribution is 2.00. The van der Waals surface area contributed by atoms with E-state index < -0.39 is 0 Å². The molecule has 0 spiro atoms. The lowest BCUT2D eigenvalue weighted by atomic mass is 10.2. The number of likely N-dealkylation sites (N-methyl/N-ethyl adjacent to an activating group) is 1. The molecule has 0 unspecified atom stereocenters. The largest absolute Gasteiger partial charge is 0.334 e. The lowest BCUT2D eigenvalue weighted by Gasteiger charge is -2.27. The van der Waals surface area contributed by atoms with Crippen molar-refractivity contribution in [3.8, 4) is 0 Å². The van der Waals surface area contributed by atoms with Crippen LogP contribution in [0, 0.1) is 5.82 Å². The minimum atomic E-state index is -0.208. The van der Waals surface area contributed by atoms with E-state index >= 15 is 0 Å². The second kappa shape index (κ2) is 5.07. The van der Waals surface area contributed by atoms with Crippen LogP contribution in [0.5, 0.6) is 0 Å². The number of benzene rings is 1. The van der Waals surface area contributed by atoms with Crippen molar-refractivity contribution in [3.63, 3.8) is 0 Å². The molecule has 1 aromatic carbocycles. The van der Waals surface area contributed by atoms with Crippen LogP contribution in [0.25, 0.3) is 0 Å². The van der Waals surface area contributed by atoms with Gasteiger partial charge in [0.2, 0.25) is 0 Å². The number of halogens is 1. The fourth-order valence-corrected chi connectivity index (χ4v) is 1.69. The van der Waals surface area contributed by atoms with Gasteiger partial charge in [0, 0.05) is 0 Å². The van der Waals surface area contributed by atoms with Gasteiger partial charge in [0.25, 0.3) is 0 Å². The molecule has 0 radical (unpaired) electrons. The minimum absolute atomic E-state index is 0.208. The molecule has 0 bridgehead atoms. The zero-order chi connectivity index (χ0) is 11.4. The molecule has 1 aliphatic heterocycles. The Morgan fingerprint density at radius 1 is 1.25 bits per heavy atom. The predicted molar refractivity (Wildman–Crippen MR) is 62.2 cm³/mol. The zero-order valence-corrected chi connectivity index (χ0v) is 9.49. The molecule has 1 aromatic rings. The summed E-state index contributed by atoms with van der Waals surface area (Å²) in [7, 11) is 2.20. The molecular weight excluding hydrogens is 205 g/mol. The number of rotatable bonds is 2. The quantitative estimate of drug-likeness (QED) is 0.698. The molecule has 0 aromatic heterocycles. The highest BCUT2D eigenvalue weighted by molar-refractivity contribution is 5.79. The summed E-state index contributed by atoms with van der Waals surface area (Å²) in [6.45, 7) is 4.23. The summed E-state index contributed by atoms with van der Waals surface area (Å²) < 4.78 is 12.7. The lowest BCUT2D eigenvalue weighted by molar-refractivity contribution is -0.884. The summed E-state index contributed by atoms with van der Waals surface area (Å²) in [4.78, 5) is 1.55. The molecule has 0 atom stereocenters. The Kier molecular flexibility index (Phi) is 3.51. The van der Waals surface area contributed by atoms with Crippen LogP contribution in [0.2, 0.25) is 0 Å². The van der Waals surface area contributed by atoms with Crippen molar-refractivity contribution in [2.24, 2.45) is 5.10 Å². The molecule has 1 N–H and O–H groups in total. The van der Waals surface area contributed by atoms with Crippen molar-refractivity contribution in [2.45, 2.75) is 0 Å². The van der Waals surface area contributed by atoms with Crippen LogP contribution in [0.1, 0.15) is 5.56 Å². The van der Waals surface area contributed by atoms with E-state index in [1.807, 2.05) is 0 Å². The summed E-state index contributed by atoms with van der Waals surface area (Å²) in [5.74, 6) is -0.208. The standard InChI is InChI=1S/C12H16FN3/c1-15-6-8-16(9-7-15)14-10-11-2-4-12(13)5-3-11/h2-5,10H,6-9H2,1H3/p+1/b14-10-. The second-order valence-electron chi connectivity index (χ2n) is 4.21. The maximum Gasteiger partial charge on any atom is 0.123 e. The van der Waals surface area contributed by atoms with E-state index in [0.29, 0.717) is 0 Å². The number of hydrogen-bond acceptors (Lipinski definition) is 2. The van der Waals surface area contributed by atoms with Gasteiger partial charge in [-0.3, -0.25) is 5.01 Å². The van der Waals surface area contributed by atoms with Gasteiger partial charge in [-0.25, -0.2) is 4.39 Å². The van der Waals surface area contributed by atoms with Crippen LogP contribution < -0.4 is 4.90 Å². The van der Waals surface area contributed by atoms with Gasteiger partial charge in [-0.1, -0.05) is 12.1 Å². The topological polar surface area (TPSA) is 20.0 Å². The summed E-state index contributed by atoms with van der Waals surface area (Å²) in [6.07, 6.45) is 1.79. The Bertz CT molecular complexity index is 353. The van der Waals surface area contributed by atoms with Crippen LogP contribution in [0.15, 0.2) is 29.4 Å². The van der Waals surface area contributed by atoms with Gasteiger partial charge < -0.3 is 4.90 Å². The third-order valence-electron chi connectivity index (χ3n) is 2.83. The van der Waals surface area contributed by atoms with Crippen LogP contribution in [-0.4, -0.2) is 44.5 Å². The van der Waals surface area contributed by atoms with Crippen LogP contribution in [0.4, 0.5) is 4.39 Å². The highest BCUT2D eigenvalue weighted by Gasteiger charge is 2.13. The van der Waals surface area contributed by atoms with Gasteiger partial charge in [0.1, 0.15) is 5.82 Å². The normalized spacial score (nSPS) is 18.2. The second-order valence-corrected chi connectivity index (χ2v) is 4.21. The number of nitrogens with one attached hydrogen (secondary N) is 1. The van der Waals surface area contributed by atoms with E-state index in [-0.39, 0.29) is 5.82 Å². The van der Waals surface area contributed by atoms with Gasteiger partial charge in [0.05, 0.1) is 39.4 Å². The SMILES string of the molecule is C[NH+]1CCN(/N=C\c2ccc(F)cc2)CC1. The van der Waals surface area contributed by atoms with E-state index in [0.717, 1.165) is 31.7 Å². The smallest absolute Gasteiger partial charge is 0.123 e. The first-order valence-corrected chi connectivity index (χ1v) is 5.60. The Morgan fingerprint density at radius 3 is 2.50 bits per heavy atom. The van der Waals surface area contributed by atoms with E-state index in [9.17, 15) is 4.39 Å². The molecule has 16 heavy (non-hydrogen) atoms. The van der Waals surface area contributed by atoms with Gasteiger partial charge in [-0.05, 0) is 17.7 Å². The first-order valence-electron chi connectivity index (χ1n) is 5.60. The molecular formula is C12H17FN3+. The third-order valence-corrected chi connectivity index (χ3v) is 2.83. The van der Waals surface area contributed by atoms with Gasteiger partial charge in [-0.15, -0.1) is 0 Å². The van der Waals surface area contributed by atoms with Crippen molar-refractivity contribution in [1.29, 1.82) is 0 Å². The number of hydrogen-bond donors (Lipinski definition) is 1. The Hall–Kier alpha value is -1.42. The molecule has 0 saturated carbocycles. The third kappa shape index (κ3) is 3.03. The molecule has 4 heteroatoms. The van der Waals surface area contributed by atoms with Gasteiger partial charge in [0.15, 0.2) is 0 Å². The van der Waals surface area contributed by atoms with Crippen LogP contribution in [-0.2, 0) is 0 Å². The summed E-state index contributed by atoms with van der Waals surface area (Å²) >= 11 is 0. The minimum Gasteiger partial charge on any atom is -0.334 e. The molecule has 3 nitrogen and oxygen atoms in total. The molecule has 1 saturated heterocycles. The zero-order valence-electron chi connectivity index (χ0n) is 9.49. The lowest BCUT2D eigenvalue weighted by Crippen LogP contribution is -3.11. The fourth-order valence-electron chi connectivity index (χ4n) is 1.69. The van der Waals surface area contributed by atoms with E-state index in [1.54, 1.807) is 23.2 Å². The first kappa shape index (κ1) is 11.1. The predicted octanol–water partition coefficient (Wildman–Crippen LogP) is -0.0101. The van der Waals surface area contributed by atoms with Crippen molar-refractivity contribution in [3.05, 3.63) is 35.6 Å². The maximum absolute atomic E-state index is 12.7.